The molecule has 0 bridgehead atoms. The molecule has 0 unspecified atom stereocenters. The van der Waals surface area contributed by atoms with E-state index in [9.17, 15) is 14.4 Å². The Morgan fingerprint density at radius 2 is 1.70 bits per heavy atom. The van der Waals surface area contributed by atoms with Crippen molar-refractivity contribution in [1.82, 2.24) is 20.4 Å². The summed E-state index contributed by atoms with van der Waals surface area (Å²) >= 11 is 11.7. The quantitative estimate of drug-likeness (QED) is 0.724. The van der Waals surface area contributed by atoms with E-state index >= 15 is 0 Å². The number of amides is 4. The summed E-state index contributed by atoms with van der Waals surface area (Å²) in [5.74, 6) is -0.434. The molecule has 4 amide bonds. The fraction of sp³-hybridized carbons (Fsp3) is 0.500. The second kappa shape index (κ2) is 9.80. The van der Waals surface area contributed by atoms with E-state index in [0.29, 0.717) is 54.6 Å². The SMILES string of the molecule is CN(C)C(=O)N1CCC(C(=O)NCCNC(=O)c2ccc(Cl)c(Cl)c2)CC1. The van der Waals surface area contributed by atoms with Gasteiger partial charge in [-0.1, -0.05) is 23.2 Å². The summed E-state index contributed by atoms with van der Waals surface area (Å²) in [6.07, 6.45) is 1.28. The first-order valence-electron chi connectivity index (χ1n) is 8.76. The van der Waals surface area contributed by atoms with E-state index in [2.05, 4.69) is 10.6 Å². The molecule has 1 aromatic rings. The normalized spacial score (nSPS) is 14.6. The highest BCUT2D eigenvalue weighted by molar-refractivity contribution is 6.42. The largest absolute Gasteiger partial charge is 0.354 e. The summed E-state index contributed by atoms with van der Waals surface area (Å²) in [6, 6.07) is 4.62. The minimum Gasteiger partial charge on any atom is -0.354 e. The fourth-order valence-corrected chi connectivity index (χ4v) is 3.16. The van der Waals surface area contributed by atoms with Gasteiger partial charge >= 0.3 is 6.03 Å². The summed E-state index contributed by atoms with van der Waals surface area (Å²) in [6.45, 7) is 1.79. The number of likely N-dealkylation sites (tertiary alicyclic amines) is 1. The highest BCUT2D eigenvalue weighted by atomic mass is 35.5. The third-order valence-corrected chi connectivity index (χ3v) is 5.15. The van der Waals surface area contributed by atoms with Gasteiger partial charge in [0, 0.05) is 51.8 Å². The maximum atomic E-state index is 12.2. The second-order valence-corrected chi connectivity index (χ2v) is 7.43. The first-order valence-corrected chi connectivity index (χ1v) is 9.52. The van der Waals surface area contributed by atoms with Crippen molar-refractivity contribution < 1.29 is 14.4 Å². The molecule has 2 N–H and O–H groups in total. The summed E-state index contributed by atoms with van der Waals surface area (Å²) < 4.78 is 0. The van der Waals surface area contributed by atoms with E-state index in [4.69, 9.17) is 23.2 Å². The fourth-order valence-electron chi connectivity index (χ4n) is 2.86. The van der Waals surface area contributed by atoms with E-state index in [1.165, 1.54) is 11.0 Å². The Hall–Kier alpha value is -1.99. The average molecular weight is 415 g/mol. The Bertz CT molecular complexity index is 704. The van der Waals surface area contributed by atoms with Crippen molar-refractivity contribution >= 4 is 41.0 Å². The van der Waals surface area contributed by atoms with E-state index in [1.807, 2.05) is 0 Å². The Kier molecular flexibility index (Phi) is 7.74. The van der Waals surface area contributed by atoms with Gasteiger partial charge in [-0.2, -0.15) is 0 Å². The van der Waals surface area contributed by atoms with Crippen molar-refractivity contribution in [3.05, 3.63) is 33.8 Å². The number of rotatable bonds is 5. The van der Waals surface area contributed by atoms with Crippen molar-refractivity contribution in [2.45, 2.75) is 12.8 Å². The molecule has 0 spiro atoms. The van der Waals surface area contributed by atoms with Crippen LogP contribution < -0.4 is 10.6 Å². The number of urea groups is 1. The van der Waals surface area contributed by atoms with Gasteiger partial charge in [-0.05, 0) is 31.0 Å². The van der Waals surface area contributed by atoms with Crippen LogP contribution in [0.1, 0.15) is 23.2 Å². The lowest BCUT2D eigenvalue weighted by Gasteiger charge is -2.33. The summed E-state index contributed by atoms with van der Waals surface area (Å²) in [7, 11) is 3.43. The van der Waals surface area contributed by atoms with Crippen LogP contribution in [0.5, 0.6) is 0 Å². The topological polar surface area (TPSA) is 81.8 Å². The number of hydrogen-bond acceptors (Lipinski definition) is 3. The molecule has 1 aromatic carbocycles. The van der Waals surface area contributed by atoms with E-state index in [0.717, 1.165) is 0 Å². The van der Waals surface area contributed by atoms with Gasteiger partial charge in [0.1, 0.15) is 0 Å². The maximum absolute atomic E-state index is 12.2. The lowest BCUT2D eigenvalue weighted by molar-refractivity contribution is -0.126. The van der Waals surface area contributed by atoms with Crippen molar-refractivity contribution in [3.8, 4) is 0 Å². The molecule has 7 nitrogen and oxygen atoms in total. The van der Waals surface area contributed by atoms with Crippen LogP contribution in [0.25, 0.3) is 0 Å². The first-order chi connectivity index (χ1) is 12.8. The summed E-state index contributed by atoms with van der Waals surface area (Å²) in [5.41, 5.74) is 0.411. The number of carbonyl (C=O) groups excluding carboxylic acids is 3. The van der Waals surface area contributed by atoms with Crippen LogP contribution in [0.4, 0.5) is 4.79 Å². The predicted molar refractivity (Wildman–Crippen MR) is 105 cm³/mol. The monoisotopic (exact) mass is 414 g/mol. The minimum atomic E-state index is -0.279. The average Bonchev–Trinajstić information content (AvgIpc) is 2.66. The number of nitrogens with zero attached hydrogens (tertiary/aromatic N) is 2. The number of benzene rings is 1. The van der Waals surface area contributed by atoms with Gasteiger partial charge in [0.05, 0.1) is 10.0 Å². The molecule has 2 rings (SSSR count). The third-order valence-electron chi connectivity index (χ3n) is 4.41. The lowest BCUT2D eigenvalue weighted by atomic mass is 9.96. The van der Waals surface area contributed by atoms with E-state index < -0.39 is 0 Å². The number of carbonyl (C=O) groups is 3. The lowest BCUT2D eigenvalue weighted by Crippen LogP contribution is -2.47. The number of piperidine rings is 1. The number of nitrogens with one attached hydrogen (secondary N) is 2. The molecule has 148 valence electrons. The molecule has 1 saturated heterocycles. The van der Waals surface area contributed by atoms with Crippen molar-refractivity contribution in [3.63, 3.8) is 0 Å². The molecule has 1 heterocycles. The molecule has 9 heteroatoms. The van der Waals surface area contributed by atoms with Gasteiger partial charge in [-0.25, -0.2) is 4.79 Å². The molecule has 1 fully saturated rings. The molecule has 1 aliphatic heterocycles. The summed E-state index contributed by atoms with van der Waals surface area (Å²) in [5, 5.41) is 6.26. The Morgan fingerprint density at radius 3 is 2.30 bits per heavy atom. The van der Waals surface area contributed by atoms with Gasteiger partial charge in [-0.15, -0.1) is 0 Å². The Labute approximate surface area is 169 Å². The first kappa shape index (κ1) is 21.3. The minimum absolute atomic E-state index is 0.0288. The highest BCUT2D eigenvalue weighted by Gasteiger charge is 2.27. The summed E-state index contributed by atoms with van der Waals surface area (Å²) in [4.78, 5) is 39.5. The third kappa shape index (κ3) is 6.01. The van der Waals surface area contributed by atoms with Crippen LogP contribution in [-0.4, -0.2) is 67.9 Å². The van der Waals surface area contributed by atoms with Crippen LogP contribution in [0, 0.1) is 5.92 Å². The Morgan fingerprint density at radius 1 is 1.07 bits per heavy atom. The van der Waals surface area contributed by atoms with Crippen LogP contribution in [0.15, 0.2) is 18.2 Å². The molecular weight excluding hydrogens is 391 g/mol. The van der Waals surface area contributed by atoms with Gasteiger partial charge in [0.15, 0.2) is 0 Å². The molecule has 0 aliphatic carbocycles. The van der Waals surface area contributed by atoms with Crippen LogP contribution >= 0.6 is 23.2 Å². The van der Waals surface area contributed by atoms with Crippen LogP contribution in [0.3, 0.4) is 0 Å². The zero-order valence-corrected chi connectivity index (χ0v) is 16.9. The highest BCUT2D eigenvalue weighted by Crippen LogP contribution is 2.22. The molecular formula is C18H24Cl2N4O3. The Balaban J connectivity index is 1.68. The molecule has 0 saturated carbocycles. The predicted octanol–water partition coefficient (Wildman–Crippen LogP) is 2.23. The van der Waals surface area contributed by atoms with E-state index in [-0.39, 0.29) is 23.8 Å². The molecule has 0 aromatic heterocycles. The second-order valence-electron chi connectivity index (χ2n) is 6.61. The van der Waals surface area contributed by atoms with Gasteiger partial charge < -0.3 is 20.4 Å². The molecule has 0 radical (unpaired) electrons. The van der Waals surface area contributed by atoms with Crippen molar-refractivity contribution in [2.75, 3.05) is 40.3 Å². The van der Waals surface area contributed by atoms with Crippen LogP contribution in [0.2, 0.25) is 10.0 Å². The molecule has 27 heavy (non-hydrogen) atoms. The number of hydrogen-bond donors (Lipinski definition) is 2. The van der Waals surface area contributed by atoms with E-state index in [1.54, 1.807) is 31.1 Å². The maximum Gasteiger partial charge on any atom is 0.319 e. The standard InChI is InChI=1S/C18H24Cl2N4O3/c1-23(2)18(27)24-9-5-12(6-10-24)16(25)21-7-8-22-17(26)13-3-4-14(19)15(20)11-13/h3-4,11-12H,5-10H2,1-2H3,(H,21,25)(H,22,26). The van der Waals surface area contributed by atoms with Crippen molar-refractivity contribution in [1.29, 1.82) is 0 Å². The zero-order chi connectivity index (χ0) is 20.0. The van der Waals surface area contributed by atoms with Gasteiger partial charge in [0.25, 0.3) is 5.91 Å². The van der Waals surface area contributed by atoms with Gasteiger partial charge in [-0.3, -0.25) is 9.59 Å². The number of halogens is 2. The zero-order valence-electron chi connectivity index (χ0n) is 15.4. The smallest absolute Gasteiger partial charge is 0.319 e. The molecule has 0 atom stereocenters. The van der Waals surface area contributed by atoms with Crippen LogP contribution in [-0.2, 0) is 4.79 Å². The molecule has 1 aliphatic rings. The van der Waals surface area contributed by atoms with Gasteiger partial charge in [0.2, 0.25) is 5.91 Å². The van der Waals surface area contributed by atoms with Crippen molar-refractivity contribution in [2.24, 2.45) is 5.92 Å².